The molecule has 0 radical (unpaired) electrons. The standard InChI is InChI=1S/C27H33F2NS/c1-2-3-4-5-6-20-9-13-23(14-10-20)24-15-11-21(12-16-24)7-8-22-17-25(28)27(30-19-31)26(29)18-22/h11,17-18,20,23-24H,2-6,9-10,12-16H2,1H3. The highest BCUT2D eigenvalue weighted by Crippen LogP contribution is 2.40. The van der Waals surface area contributed by atoms with Gasteiger partial charge >= 0.3 is 0 Å². The summed E-state index contributed by atoms with van der Waals surface area (Å²) in [6.07, 6.45) is 18.0. The first-order valence-corrected chi connectivity index (χ1v) is 12.3. The molecule has 1 atom stereocenters. The van der Waals surface area contributed by atoms with Crippen LogP contribution in [-0.4, -0.2) is 5.16 Å². The average Bonchev–Trinajstić information content (AvgIpc) is 2.79. The molecule has 4 heteroatoms. The molecule has 1 unspecified atom stereocenters. The highest BCUT2D eigenvalue weighted by atomic mass is 32.1. The number of halogens is 2. The van der Waals surface area contributed by atoms with Crippen LogP contribution < -0.4 is 0 Å². The van der Waals surface area contributed by atoms with E-state index in [4.69, 9.17) is 0 Å². The van der Waals surface area contributed by atoms with Gasteiger partial charge in [-0.2, -0.15) is 4.99 Å². The summed E-state index contributed by atoms with van der Waals surface area (Å²) >= 11 is 4.43. The first kappa shape index (κ1) is 23.8. The van der Waals surface area contributed by atoms with Crippen LogP contribution in [0.2, 0.25) is 0 Å². The smallest absolute Gasteiger partial charge is 0.153 e. The summed E-state index contributed by atoms with van der Waals surface area (Å²) in [7, 11) is 0. The molecule has 2 aliphatic carbocycles. The van der Waals surface area contributed by atoms with Crippen LogP contribution in [0, 0.1) is 41.2 Å². The van der Waals surface area contributed by atoms with E-state index in [-0.39, 0.29) is 0 Å². The van der Waals surface area contributed by atoms with E-state index in [0.29, 0.717) is 5.56 Å². The molecule has 1 saturated carbocycles. The van der Waals surface area contributed by atoms with Gasteiger partial charge in [0.1, 0.15) is 5.69 Å². The van der Waals surface area contributed by atoms with E-state index in [9.17, 15) is 8.78 Å². The molecule has 0 heterocycles. The Morgan fingerprint density at radius 3 is 2.32 bits per heavy atom. The van der Waals surface area contributed by atoms with E-state index in [0.717, 1.165) is 36.2 Å². The third-order valence-electron chi connectivity index (χ3n) is 7.02. The van der Waals surface area contributed by atoms with Gasteiger partial charge in [0.2, 0.25) is 0 Å². The number of unbranched alkanes of at least 4 members (excludes halogenated alkanes) is 3. The number of aliphatic imine (C=N–C) groups is 1. The molecule has 1 aromatic rings. The molecule has 1 aromatic carbocycles. The molecule has 1 nitrogen and oxygen atoms in total. The maximum absolute atomic E-state index is 13.9. The summed E-state index contributed by atoms with van der Waals surface area (Å²) in [5.74, 6) is 7.08. The maximum atomic E-state index is 13.9. The van der Waals surface area contributed by atoms with Crippen LogP contribution in [0.5, 0.6) is 0 Å². The fourth-order valence-corrected chi connectivity index (χ4v) is 5.24. The molecular formula is C27H33F2NS. The van der Waals surface area contributed by atoms with Gasteiger partial charge in [0.05, 0.1) is 5.16 Å². The molecule has 0 spiro atoms. The van der Waals surface area contributed by atoms with Crippen molar-refractivity contribution in [3.63, 3.8) is 0 Å². The van der Waals surface area contributed by atoms with Crippen molar-refractivity contribution in [2.75, 3.05) is 0 Å². The van der Waals surface area contributed by atoms with Crippen molar-refractivity contribution in [2.45, 2.75) is 84.0 Å². The van der Waals surface area contributed by atoms with Gasteiger partial charge in [-0.05, 0) is 79.8 Å². The van der Waals surface area contributed by atoms with E-state index in [1.807, 2.05) is 5.16 Å². The van der Waals surface area contributed by atoms with Gasteiger partial charge < -0.3 is 0 Å². The summed E-state index contributed by atoms with van der Waals surface area (Å²) in [4.78, 5) is 3.43. The van der Waals surface area contributed by atoms with Crippen LogP contribution in [0.25, 0.3) is 0 Å². The molecule has 3 rings (SSSR count). The molecule has 0 saturated heterocycles. The van der Waals surface area contributed by atoms with E-state index in [2.05, 4.69) is 42.1 Å². The fourth-order valence-electron chi connectivity index (χ4n) is 5.15. The maximum Gasteiger partial charge on any atom is 0.153 e. The largest absolute Gasteiger partial charge is 0.204 e. The van der Waals surface area contributed by atoms with Crippen molar-refractivity contribution in [1.82, 2.24) is 0 Å². The van der Waals surface area contributed by atoms with E-state index in [1.54, 1.807) is 0 Å². The predicted octanol–water partition coefficient (Wildman–Crippen LogP) is 8.55. The van der Waals surface area contributed by atoms with E-state index < -0.39 is 17.3 Å². The minimum absolute atomic E-state index is 0.318. The van der Waals surface area contributed by atoms with Gasteiger partial charge in [0, 0.05) is 5.56 Å². The molecule has 0 amide bonds. The number of allylic oxidation sites excluding steroid dienone is 2. The number of nitrogens with zero attached hydrogens (tertiary/aromatic N) is 1. The number of rotatable bonds is 7. The quantitative estimate of drug-likeness (QED) is 0.179. The molecule has 0 bridgehead atoms. The molecule has 0 aliphatic heterocycles. The second kappa shape index (κ2) is 12.3. The molecule has 31 heavy (non-hydrogen) atoms. The molecule has 166 valence electrons. The number of thiocarbonyl (C=S) groups is 1. The topological polar surface area (TPSA) is 12.4 Å². The Morgan fingerprint density at radius 2 is 1.71 bits per heavy atom. The summed E-state index contributed by atoms with van der Waals surface area (Å²) in [5.41, 5.74) is 0.997. The second-order valence-corrected chi connectivity index (χ2v) is 9.32. The van der Waals surface area contributed by atoms with Gasteiger partial charge in [-0.25, -0.2) is 8.78 Å². The Labute approximate surface area is 191 Å². The zero-order valence-corrected chi connectivity index (χ0v) is 19.4. The zero-order valence-electron chi connectivity index (χ0n) is 18.6. The first-order chi connectivity index (χ1) is 15.1. The lowest BCUT2D eigenvalue weighted by Crippen LogP contribution is -2.23. The van der Waals surface area contributed by atoms with Crippen LogP contribution in [0.1, 0.15) is 89.5 Å². The van der Waals surface area contributed by atoms with Gasteiger partial charge in [-0.1, -0.05) is 69.8 Å². The predicted molar refractivity (Wildman–Crippen MR) is 128 cm³/mol. The molecule has 0 N–H and O–H groups in total. The minimum atomic E-state index is -0.764. The molecule has 0 aromatic heterocycles. The third kappa shape index (κ3) is 7.09. The number of benzene rings is 1. The van der Waals surface area contributed by atoms with Crippen LogP contribution >= 0.6 is 12.2 Å². The van der Waals surface area contributed by atoms with Crippen LogP contribution in [-0.2, 0) is 0 Å². The first-order valence-electron chi connectivity index (χ1n) is 11.9. The minimum Gasteiger partial charge on any atom is -0.204 e. The number of isothiocyanates is 1. The van der Waals surface area contributed by atoms with Crippen molar-refractivity contribution >= 4 is 23.1 Å². The van der Waals surface area contributed by atoms with Crippen molar-refractivity contribution in [3.05, 3.63) is 41.0 Å². The van der Waals surface area contributed by atoms with Crippen molar-refractivity contribution in [2.24, 2.45) is 22.7 Å². The van der Waals surface area contributed by atoms with Crippen LogP contribution in [0.4, 0.5) is 14.5 Å². The Morgan fingerprint density at radius 1 is 0.968 bits per heavy atom. The SMILES string of the molecule is CCCCCCC1CCC(C2CC=C(C#Cc3cc(F)c(N=C=S)c(F)c3)CC2)CC1. The Kier molecular flexibility index (Phi) is 9.44. The number of hydrogen-bond donors (Lipinski definition) is 0. The summed E-state index contributed by atoms with van der Waals surface area (Å²) < 4.78 is 27.9. The van der Waals surface area contributed by atoms with Gasteiger partial charge in [-0.3, -0.25) is 0 Å². The van der Waals surface area contributed by atoms with Gasteiger partial charge in [0.25, 0.3) is 0 Å². The number of hydrogen-bond acceptors (Lipinski definition) is 2. The van der Waals surface area contributed by atoms with Crippen molar-refractivity contribution in [3.8, 4) is 11.8 Å². The van der Waals surface area contributed by atoms with Crippen LogP contribution in [0.3, 0.4) is 0 Å². The Hall–Kier alpha value is -1.82. The Balaban J connectivity index is 1.49. The summed E-state index contributed by atoms with van der Waals surface area (Å²) in [5, 5.41) is 2.00. The van der Waals surface area contributed by atoms with Gasteiger partial charge in [-0.15, -0.1) is 0 Å². The van der Waals surface area contributed by atoms with E-state index in [1.165, 1.54) is 76.3 Å². The van der Waals surface area contributed by atoms with E-state index >= 15 is 0 Å². The normalized spacial score (nSPS) is 23.3. The molecule has 1 fully saturated rings. The lowest BCUT2D eigenvalue weighted by molar-refractivity contribution is 0.186. The third-order valence-corrected chi connectivity index (χ3v) is 7.11. The van der Waals surface area contributed by atoms with Crippen LogP contribution in [0.15, 0.2) is 28.8 Å². The molecule has 2 aliphatic rings. The lowest BCUT2D eigenvalue weighted by atomic mass is 9.70. The van der Waals surface area contributed by atoms with Crippen molar-refractivity contribution < 1.29 is 8.78 Å². The highest BCUT2D eigenvalue weighted by Gasteiger charge is 2.28. The average molecular weight is 442 g/mol. The lowest BCUT2D eigenvalue weighted by Gasteiger charge is -2.35. The Bertz CT molecular complexity index is 857. The fraction of sp³-hybridized carbons (Fsp3) is 0.593. The summed E-state index contributed by atoms with van der Waals surface area (Å²) in [6, 6.07) is 2.41. The second-order valence-electron chi connectivity index (χ2n) is 9.14. The highest BCUT2D eigenvalue weighted by molar-refractivity contribution is 7.78. The van der Waals surface area contributed by atoms with Gasteiger partial charge in [0.15, 0.2) is 11.6 Å². The molecular weight excluding hydrogens is 408 g/mol. The summed E-state index contributed by atoms with van der Waals surface area (Å²) in [6.45, 7) is 2.27. The monoisotopic (exact) mass is 441 g/mol. The van der Waals surface area contributed by atoms with Crippen molar-refractivity contribution in [1.29, 1.82) is 0 Å². The zero-order chi connectivity index (χ0) is 22.1.